The third-order valence-corrected chi connectivity index (χ3v) is 7.73. The second-order valence-electron chi connectivity index (χ2n) is 9.90. The van der Waals surface area contributed by atoms with Crippen molar-refractivity contribution in [3.63, 3.8) is 0 Å². The van der Waals surface area contributed by atoms with Crippen LogP contribution in [0.2, 0.25) is 0 Å². The SMILES string of the molecule is C[C@H]1/C=C/[C@@H]2C=C[C@@H]3C(=O)N4[C@@H]([C@H]3[C@@H]2/C=C/C=C/[C@@H](O)CC(O)[C@@H](O)[C@H]1O)[C@H](O)C[C@@H]4C. The minimum Gasteiger partial charge on any atom is -0.391 e. The maximum Gasteiger partial charge on any atom is 0.230 e. The van der Waals surface area contributed by atoms with E-state index in [4.69, 9.17) is 0 Å². The van der Waals surface area contributed by atoms with Gasteiger partial charge in [-0.2, -0.15) is 0 Å². The van der Waals surface area contributed by atoms with E-state index >= 15 is 0 Å². The highest BCUT2D eigenvalue weighted by Crippen LogP contribution is 2.50. The molecule has 2 aliphatic heterocycles. The Kier molecular flexibility index (Phi) is 6.75. The lowest BCUT2D eigenvalue weighted by Crippen LogP contribution is -2.42. The summed E-state index contributed by atoms with van der Waals surface area (Å²) in [6.45, 7) is 3.75. The molecule has 2 fully saturated rings. The molecular weight excluding hydrogens is 410 g/mol. The molecule has 7 nitrogen and oxygen atoms in total. The van der Waals surface area contributed by atoms with Gasteiger partial charge in [-0.1, -0.05) is 55.5 Å². The van der Waals surface area contributed by atoms with Crippen LogP contribution in [0.4, 0.5) is 0 Å². The minimum absolute atomic E-state index is 0.0103. The molecule has 5 N–H and O–H groups in total. The van der Waals surface area contributed by atoms with Gasteiger partial charge in [0.25, 0.3) is 0 Å². The van der Waals surface area contributed by atoms with E-state index in [1.54, 1.807) is 13.0 Å². The highest BCUT2D eigenvalue weighted by Gasteiger charge is 2.58. The first-order valence-electron chi connectivity index (χ1n) is 11.6. The standard InChI is InChI=1S/C25H35NO6/c1-13-7-8-15-9-10-18-21(22-19(28)11-14(2)26(22)25(18)32)17(15)6-4-3-5-16(27)12-20(29)24(31)23(13)30/h3-10,13-24,27-31H,11-12H2,1-2H3/b5-3+,6-4+,8-7+/t13-,14-,15+,16+,17+,18-,19+,20?,21-,22+,23-,24+/m0/s1. The molecule has 1 amide bonds. The highest BCUT2D eigenvalue weighted by molar-refractivity contribution is 5.85. The third kappa shape index (κ3) is 4.13. The van der Waals surface area contributed by atoms with Crippen molar-refractivity contribution in [2.24, 2.45) is 29.6 Å². The lowest BCUT2D eigenvalue weighted by Gasteiger charge is -2.36. The van der Waals surface area contributed by atoms with Crippen LogP contribution >= 0.6 is 0 Å². The van der Waals surface area contributed by atoms with Crippen LogP contribution in [0, 0.1) is 29.6 Å². The predicted octanol–water partition coefficient (Wildman–Crippen LogP) is 0.537. The second-order valence-corrected chi connectivity index (χ2v) is 9.90. The zero-order chi connectivity index (χ0) is 23.2. The summed E-state index contributed by atoms with van der Waals surface area (Å²) in [4.78, 5) is 15.0. The molecule has 2 aliphatic carbocycles. The molecule has 0 radical (unpaired) electrons. The van der Waals surface area contributed by atoms with E-state index in [1.165, 1.54) is 6.08 Å². The zero-order valence-corrected chi connectivity index (χ0v) is 18.6. The Labute approximate surface area is 189 Å². The molecule has 1 unspecified atom stereocenters. The molecule has 0 aromatic rings. The number of carbonyl (C=O) groups excluding carboxylic acids is 1. The molecule has 0 bridgehead atoms. The quantitative estimate of drug-likeness (QED) is 0.347. The lowest BCUT2D eigenvalue weighted by atomic mass is 9.68. The summed E-state index contributed by atoms with van der Waals surface area (Å²) in [5.74, 6) is -0.805. The second kappa shape index (κ2) is 9.23. The first kappa shape index (κ1) is 23.4. The largest absolute Gasteiger partial charge is 0.391 e. The minimum atomic E-state index is -1.38. The molecule has 0 aromatic heterocycles. The number of rotatable bonds is 0. The van der Waals surface area contributed by atoms with Crippen molar-refractivity contribution in [3.8, 4) is 0 Å². The van der Waals surface area contributed by atoms with E-state index in [0.29, 0.717) is 6.42 Å². The summed E-state index contributed by atoms with van der Waals surface area (Å²) in [5, 5.41) is 51.9. The summed E-state index contributed by atoms with van der Waals surface area (Å²) < 4.78 is 0. The molecule has 4 aliphatic rings. The van der Waals surface area contributed by atoms with Crippen molar-refractivity contribution >= 4 is 5.91 Å². The summed E-state index contributed by atoms with van der Waals surface area (Å²) in [6.07, 6.45) is 10.0. The van der Waals surface area contributed by atoms with Crippen molar-refractivity contribution in [2.45, 2.75) is 69.3 Å². The highest BCUT2D eigenvalue weighted by atomic mass is 16.4. The van der Waals surface area contributed by atoms with E-state index < -0.39 is 36.4 Å². The predicted molar refractivity (Wildman–Crippen MR) is 119 cm³/mol. The smallest absolute Gasteiger partial charge is 0.230 e. The molecule has 0 spiro atoms. The molecule has 4 rings (SSSR count). The molecule has 7 heteroatoms. The van der Waals surface area contributed by atoms with Gasteiger partial charge in [-0.15, -0.1) is 0 Å². The van der Waals surface area contributed by atoms with E-state index in [0.717, 1.165) is 0 Å². The maximum atomic E-state index is 13.1. The Morgan fingerprint density at radius 1 is 0.812 bits per heavy atom. The molecular formula is C25H35NO6. The number of carbonyl (C=O) groups is 1. The van der Waals surface area contributed by atoms with Crippen LogP contribution in [0.25, 0.3) is 0 Å². The average Bonchev–Trinajstić information content (AvgIpc) is 3.22. The average molecular weight is 446 g/mol. The normalized spacial score (nSPS) is 52.0. The molecule has 32 heavy (non-hydrogen) atoms. The number of allylic oxidation sites excluding steroid dienone is 5. The van der Waals surface area contributed by atoms with Gasteiger partial charge in [-0.3, -0.25) is 4.79 Å². The van der Waals surface area contributed by atoms with Gasteiger partial charge in [-0.25, -0.2) is 0 Å². The van der Waals surface area contributed by atoms with Crippen molar-refractivity contribution in [1.29, 1.82) is 0 Å². The molecule has 2 heterocycles. The van der Waals surface area contributed by atoms with Gasteiger partial charge >= 0.3 is 0 Å². The Bertz CT molecular complexity index is 821. The van der Waals surface area contributed by atoms with Crippen molar-refractivity contribution in [2.75, 3.05) is 0 Å². The van der Waals surface area contributed by atoms with Gasteiger partial charge in [0, 0.05) is 30.2 Å². The number of nitrogens with zero attached hydrogens (tertiary/aromatic N) is 1. The van der Waals surface area contributed by atoms with Crippen LogP contribution < -0.4 is 0 Å². The monoisotopic (exact) mass is 445 g/mol. The Hall–Kier alpha value is -1.77. The third-order valence-electron chi connectivity index (χ3n) is 7.73. The van der Waals surface area contributed by atoms with Gasteiger partial charge in [-0.05, 0) is 19.3 Å². The molecule has 2 saturated heterocycles. The van der Waals surface area contributed by atoms with E-state index in [9.17, 15) is 30.3 Å². The topological polar surface area (TPSA) is 121 Å². The number of hydrogen-bond acceptors (Lipinski definition) is 6. The summed E-state index contributed by atoms with van der Waals surface area (Å²) in [6, 6.07) is -0.220. The summed E-state index contributed by atoms with van der Waals surface area (Å²) >= 11 is 0. The molecule has 0 saturated carbocycles. The number of fused-ring (bicyclic) bond motifs is 5. The van der Waals surface area contributed by atoms with Crippen molar-refractivity contribution in [1.82, 2.24) is 4.90 Å². The van der Waals surface area contributed by atoms with Crippen LogP contribution in [-0.2, 0) is 4.79 Å². The van der Waals surface area contributed by atoms with Crippen LogP contribution in [0.15, 0.2) is 48.6 Å². The van der Waals surface area contributed by atoms with Crippen LogP contribution in [0.3, 0.4) is 0 Å². The van der Waals surface area contributed by atoms with Crippen LogP contribution in [0.1, 0.15) is 26.7 Å². The number of hydrogen-bond donors (Lipinski definition) is 5. The van der Waals surface area contributed by atoms with Crippen molar-refractivity contribution in [3.05, 3.63) is 48.6 Å². The Morgan fingerprint density at radius 3 is 2.25 bits per heavy atom. The first-order chi connectivity index (χ1) is 15.2. The molecule has 0 aromatic carbocycles. The summed E-state index contributed by atoms with van der Waals surface area (Å²) in [5.41, 5.74) is 0. The van der Waals surface area contributed by atoms with E-state index in [1.807, 2.05) is 48.3 Å². The number of aliphatic hydroxyl groups is 5. The lowest BCUT2D eigenvalue weighted by molar-refractivity contribution is -0.131. The van der Waals surface area contributed by atoms with Gasteiger partial charge in [0.15, 0.2) is 0 Å². The zero-order valence-electron chi connectivity index (χ0n) is 18.6. The Balaban J connectivity index is 1.70. The van der Waals surface area contributed by atoms with Gasteiger partial charge in [0.2, 0.25) is 5.91 Å². The fourth-order valence-corrected chi connectivity index (χ4v) is 6.00. The van der Waals surface area contributed by atoms with E-state index in [2.05, 4.69) is 0 Å². The van der Waals surface area contributed by atoms with Gasteiger partial charge in [0.05, 0.1) is 36.4 Å². The van der Waals surface area contributed by atoms with Crippen LogP contribution in [-0.4, -0.2) is 78.9 Å². The fourth-order valence-electron chi connectivity index (χ4n) is 6.00. The maximum absolute atomic E-state index is 13.1. The first-order valence-corrected chi connectivity index (χ1v) is 11.6. The van der Waals surface area contributed by atoms with E-state index in [-0.39, 0.29) is 48.1 Å². The van der Waals surface area contributed by atoms with Gasteiger partial charge < -0.3 is 30.4 Å². The van der Waals surface area contributed by atoms with Crippen LogP contribution in [0.5, 0.6) is 0 Å². The van der Waals surface area contributed by atoms with Crippen molar-refractivity contribution < 1.29 is 30.3 Å². The fraction of sp³-hybridized carbons (Fsp3) is 0.640. The number of aliphatic hydroxyl groups excluding tert-OH is 5. The summed E-state index contributed by atoms with van der Waals surface area (Å²) in [7, 11) is 0. The van der Waals surface area contributed by atoms with Gasteiger partial charge in [0.1, 0.15) is 6.10 Å². The molecule has 176 valence electrons. The Morgan fingerprint density at radius 2 is 1.50 bits per heavy atom. The number of amides is 1. The molecule has 12 atom stereocenters.